The molecule has 0 aromatic carbocycles. The van der Waals surface area contributed by atoms with Crippen LogP contribution in [0.1, 0.15) is 0 Å². The molecular weight excluding hydrogens is 214 g/mol. The molecule has 4 N–H and O–H groups in total. The van der Waals surface area contributed by atoms with E-state index < -0.39 is 9.05 Å². The zero-order valence-electron chi connectivity index (χ0n) is 2.67. The van der Waals surface area contributed by atoms with Gasteiger partial charge in [-0.15, -0.1) is 0 Å². The Morgan fingerprint density at radius 1 is 0.875 bits per heavy atom. The zero-order valence-corrected chi connectivity index (χ0v) is 4.85. The van der Waals surface area contributed by atoms with Crippen molar-refractivity contribution in [3.05, 3.63) is 0 Å². The summed E-state index contributed by atoms with van der Waals surface area (Å²) in [7, 11) is -4.61. The van der Waals surface area contributed by atoms with Crippen molar-refractivity contribution in [2.75, 3.05) is 0 Å². The average Bonchev–Trinajstić information content (AvgIpc) is 0.722. The van der Waals surface area contributed by atoms with Crippen molar-refractivity contribution in [1.82, 2.24) is 0 Å². The van der Waals surface area contributed by atoms with Crippen molar-refractivity contribution < 1.29 is 36.3 Å². The quantitative estimate of drug-likeness (QED) is 0.311. The first-order valence-corrected chi connectivity index (χ1v) is 2.68. The van der Waals surface area contributed by atoms with Gasteiger partial charge in [-0.1, -0.05) is 0 Å². The van der Waals surface area contributed by atoms with Gasteiger partial charge in [0.15, 0.2) is 17.4 Å². The summed E-state index contributed by atoms with van der Waals surface area (Å²) in [4.78, 5) is 29.3. The average molecular weight is 223 g/mol. The summed E-state index contributed by atoms with van der Waals surface area (Å²) in [5.74, 6) is 0. The Morgan fingerprint density at radius 3 is 0.875 bits per heavy atom. The molecule has 49 valence electrons. The molecule has 0 spiro atoms. The molecule has 8 heteroatoms. The van der Waals surface area contributed by atoms with Crippen LogP contribution in [0.2, 0.25) is 0 Å². The van der Waals surface area contributed by atoms with Gasteiger partial charge in [0, 0.05) is 17.1 Å². The standard InChI is InChI=1S/Al.Ca.Mn.H4O4Si.5H/c;;;1-5(2,3)4;;;;;/h;;;1-4H;;;;;. The van der Waals surface area contributed by atoms with Gasteiger partial charge in [0.05, 0.1) is 0 Å². The minimum Gasteiger partial charge on any atom is 0 e. The van der Waals surface area contributed by atoms with Crippen LogP contribution in [-0.4, -0.2) is 83.3 Å². The number of rotatable bonds is 0. The van der Waals surface area contributed by atoms with E-state index >= 15 is 0 Å². The van der Waals surface area contributed by atoms with Crippen molar-refractivity contribution in [3.63, 3.8) is 0 Å². The van der Waals surface area contributed by atoms with E-state index in [9.17, 15) is 0 Å². The third-order valence-electron chi connectivity index (χ3n) is 0. The molecule has 0 aliphatic heterocycles. The molecule has 0 bridgehead atoms. The van der Waals surface area contributed by atoms with E-state index in [4.69, 9.17) is 19.2 Å². The van der Waals surface area contributed by atoms with Crippen LogP contribution in [-0.2, 0) is 17.1 Å². The number of hydrogen-bond donors (Lipinski definition) is 4. The van der Waals surface area contributed by atoms with Gasteiger partial charge in [-0.2, -0.15) is 0 Å². The molecule has 8 heavy (non-hydrogen) atoms. The molecule has 0 aliphatic rings. The molecule has 0 aromatic heterocycles. The van der Waals surface area contributed by atoms with Crippen molar-refractivity contribution in [2.24, 2.45) is 0 Å². The van der Waals surface area contributed by atoms with Crippen molar-refractivity contribution in [1.29, 1.82) is 0 Å². The Balaban J connectivity index is -0.0000000267. The first kappa shape index (κ1) is 22.4. The Labute approximate surface area is 99.0 Å². The van der Waals surface area contributed by atoms with E-state index in [-0.39, 0.29) is 72.2 Å². The molecule has 0 aliphatic carbocycles. The van der Waals surface area contributed by atoms with Crippen LogP contribution in [0.4, 0.5) is 0 Å². The largest absolute Gasteiger partial charge is 0 e. The molecule has 1 radical (unpaired) electrons. The van der Waals surface area contributed by atoms with Crippen LogP contribution in [0.3, 0.4) is 0 Å². The van der Waals surface area contributed by atoms with E-state index in [1.807, 2.05) is 0 Å². The van der Waals surface area contributed by atoms with Gasteiger partial charge in [0.25, 0.3) is 0 Å². The molecule has 0 saturated heterocycles. The van der Waals surface area contributed by atoms with Crippen molar-refractivity contribution >= 4 is 64.1 Å². The summed E-state index contributed by atoms with van der Waals surface area (Å²) in [6.07, 6.45) is 0. The van der Waals surface area contributed by atoms with Crippen LogP contribution >= 0.6 is 0 Å². The third kappa shape index (κ3) is 81.0. The Kier molecular flexibility index (Phi) is 26.3. The minimum absolute atomic E-state index is 0. The molecule has 0 aromatic rings. The second-order valence-electron chi connectivity index (χ2n) is 0.600. The van der Waals surface area contributed by atoms with Crippen LogP contribution in [0.5, 0.6) is 0 Å². The Bertz CT molecular complexity index is 31.5. The Hall–Kier alpha value is 2.37. The summed E-state index contributed by atoms with van der Waals surface area (Å²) in [5, 5.41) is 0. The smallest absolute Gasteiger partial charge is 0 e. The summed E-state index contributed by atoms with van der Waals surface area (Å²) in [5.41, 5.74) is 0. The predicted molar refractivity (Wildman–Crippen MR) is 33.1 cm³/mol. The SMILES string of the molecule is O[Si](O)(O)O.[AlH3].[CaH2].[Mn]. The fourth-order valence-electron chi connectivity index (χ4n) is 0. The van der Waals surface area contributed by atoms with E-state index in [2.05, 4.69) is 0 Å². The topological polar surface area (TPSA) is 80.9 Å². The molecule has 4 nitrogen and oxygen atoms in total. The normalized spacial score (nSPS) is 7.50. The Morgan fingerprint density at radius 2 is 0.875 bits per heavy atom. The molecule has 0 fully saturated rings. The molecule has 0 rings (SSSR count). The summed E-state index contributed by atoms with van der Waals surface area (Å²) in [6, 6.07) is 0. The van der Waals surface area contributed by atoms with E-state index in [0.717, 1.165) is 0 Å². The third-order valence-corrected chi connectivity index (χ3v) is 0. The molecule has 0 atom stereocenters. The van der Waals surface area contributed by atoms with Gasteiger partial charge in [-0.25, -0.2) is 0 Å². The first-order valence-electron chi connectivity index (χ1n) is 0.894. The molecule has 0 unspecified atom stereocenters. The second-order valence-corrected chi connectivity index (χ2v) is 1.80. The summed E-state index contributed by atoms with van der Waals surface area (Å²) >= 11 is 0. The maximum absolute atomic E-state index is 7.33. The van der Waals surface area contributed by atoms with E-state index in [1.165, 1.54) is 0 Å². The van der Waals surface area contributed by atoms with Gasteiger partial charge in [-0.05, 0) is 0 Å². The molecule has 0 amide bonds. The molecular formula is H9AlCaMnO4Si. The fraction of sp³-hybridized carbons (Fsp3) is 0. The van der Waals surface area contributed by atoms with Gasteiger partial charge < -0.3 is 19.2 Å². The van der Waals surface area contributed by atoms with Crippen molar-refractivity contribution in [3.8, 4) is 0 Å². The molecule has 0 heterocycles. The zero-order chi connectivity index (χ0) is 4.50. The van der Waals surface area contributed by atoms with Gasteiger partial charge in [0.2, 0.25) is 0 Å². The summed E-state index contributed by atoms with van der Waals surface area (Å²) in [6.45, 7) is 0. The van der Waals surface area contributed by atoms with Crippen LogP contribution in [0.25, 0.3) is 0 Å². The van der Waals surface area contributed by atoms with Crippen LogP contribution < -0.4 is 0 Å². The maximum atomic E-state index is 7.33. The van der Waals surface area contributed by atoms with Crippen LogP contribution in [0.15, 0.2) is 0 Å². The summed E-state index contributed by atoms with van der Waals surface area (Å²) < 4.78 is 0. The van der Waals surface area contributed by atoms with E-state index in [1.54, 1.807) is 0 Å². The monoisotopic (exact) mass is 223 g/mol. The fourth-order valence-corrected chi connectivity index (χ4v) is 0. The predicted octanol–water partition coefficient (Wildman–Crippen LogP) is -4.71. The first-order chi connectivity index (χ1) is 2.00. The van der Waals surface area contributed by atoms with E-state index in [0.29, 0.717) is 0 Å². The van der Waals surface area contributed by atoms with Gasteiger partial charge in [-0.3, -0.25) is 0 Å². The maximum Gasteiger partial charge on any atom is 0 e. The minimum atomic E-state index is -4.61. The van der Waals surface area contributed by atoms with Crippen LogP contribution in [0, 0.1) is 0 Å². The van der Waals surface area contributed by atoms with Crippen molar-refractivity contribution in [2.45, 2.75) is 0 Å². The second kappa shape index (κ2) is 9.37. The molecule has 0 saturated carbocycles. The number of hydrogen-bond acceptors (Lipinski definition) is 4. The van der Waals surface area contributed by atoms with Gasteiger partial charge in [0.1, 0.15) is 0 Å². The van der Waals surface area contributed by atoms with Gasteiger partial charge >= 0.3 is 46.8 Å².